The summed E-state index contributed by atoms with van der Waals surface area (Å²) in [7, 11) is -3.53. The zero-order valence-electron chi connectivity index (χ0n) is 10.7. The molecule has 0 heterocycles. The molecule has 0 aromatic heterocycles. The van der Waals surface area contributed by atoms with Crippen molar-refractivity contribution in [3.63, 3.8) is 0 Å². The van der Waals surface area contributed by atoms with Crippen LogP contribution in [0.15, 0.2) is 23.1 Å². The smallest absolute Gasteiger partial charge is 0.244 e. The van der Waals surface area contributed by atoms with Crippen LogP contribution in [0.3, 0.4) is 0 Å². The van der Waals surface area contributed by atoms with E-state index in [9.17, 15) is 8.42 Å². The molecular formula is C12H19ClN2O2S. The van der Waals surface area contributed by atoms with E-state index >= 15 is 0 Å². The fourth-order valence-corrected chi connectivity index (χ4v) is 3.87. The summed E-state index contributed by atoms with van der Waals surface area (Å²) in [6.45, 7) is 4.89. The second-order valence-electron chi connectivity index (χ2n) is 4.09. The van der Waals surface area contributed by atoms with Crippen LogP contribution >= 0.6 is 11.6 Å². The molecule has 0 amide bonds. The van der Waals surface area contributed by atoms with Gasteiger partial charge in [0, 0.05) is 18.8 Å². The SMILES string of the molecule is CCCN(CCC)S(=O)(=O)c1ccc(N)cc1Cl. The van der Waals surface area contributed by atoms with Crippen LogP contribution in [0.2, 0.25) is 5.02 Å². The van der Waals surface area contributed by atoms with Gasteiger partial charge in [-0.2, -0.15) is 4.31 Å². The predicted molar refractivity (Wildman–Crippen MR) is 75.2 cm³/mol. The summed E-state index contributed by atoms with van der Waals surface area (Å²) in [6, 6.07) is 4.48. The first kappa shape index (κ1) is 15.3. The molecule has 0 aliphatic heterocycles. The van der Waals surface area contributed by atoms with Gasteiger partial charge in [0.2, 0.25) is 10.0 Å². The van der Waals surface area contributed by atoms with Gasteiger partial charge in [-0.1, -0.05) is 25.4 Å². The number of nitrogen functional groups attached to an aromatic ring is 1. The molecule has 0 radical (unpaired) electrons. The zero-order valence-corrected chi connectivity index (χ0v) is 12.3. The van der Waals surface area contributed by atoms with Crippen LogP contribution in [0.5, 0.6) is 0 Å². The molecule has 1 aromatic rings. The molecule has 6 heteroatoms. The number of rotatable bonds is 6. The third kappa shape index (κ3) is 3.37. The highest BCUT2D eigenvalue weighted by Crippen LogP contribution is 2.26. The van der Waals surface area contributed by atoms with E-state index in [4.69, 9.17) is 17.3 Å². The number of benzene rings is 1. The van der Waals surface area contributed by atoms with Gasteiger partial charge in [0.25, 0.3) is 0 Å². The first-order valence-electron chi connectivity index (χ1n) is 5.98. The number of nitrogens with zero attached hydrogens (tertiary/aromatic N) is 1. The molecule has 1 aromatic carbocycles. The first-order valence-corrected chi connectivity index (χ1v) is 7.80. The van der Waals surface area contributed by atoms with Crippen molar-refractivity contribution in [3.8, 4) is 0 Å². The zero-order chi connectivity index (χ0) is 13.8. The van der Waals surface area contributed by atoms with Crippen LogP contribution < -0.4 is 5.73 Å². The van der Waals surface area contributed by atoms with Crippen molar-refractivity contribution in [3.05, 3.63) is 23.2 Å². The minimum absolute atomic E-state index is 0.125. The Labute approximate surface area is 114 Å². The molecule has 0 spiro atoms. The number of anilines is 1. The largest absolute Gasteiger partial charge is 0.399 e. The molecular weight excluding hydrogens is 272 g/mol. The molecule has 0 atom stereocenters. The minimum Gasteiger partial charge on any atom is -0.399 e. The van der Waals surface area contributed by atoms with Gasteiger partial charge in [-0.25, -0.2) is 8.42 Å². The van der Waals surface area contributed by atoms with Crippen molar-refractivity contribution in [2.45, 2.75) is 31.6 Å². The van der Waals surface area contributed by atoms with Gasteiger partial charge in [0.05, 0.1) is 5.02 Å². The number of nitrogens with two attached hydrogens (primary N) is 1. The Bertz CT molecular complexity index is 497. The van der Waals surface area contributed by atoms with Gasteiger partial charge in [-0.05, 0) is 31.0 Å². The van der Waals surface area contributed by atoms with Crippen molar-refractivity contribution in [2.24, 2.45) is 0 Å². The topological polar surface area (TPSA) is 63.4 Å². The maximum absolute atomic E-state index is 12.4. The first-order chi connectivity index (χ1) is 8.43. The Morgan fingerprint density at radius 1 is 1.22 bits per heavy atom. The molecule has 1 rings (SSSR count). The Morgan fingerprint density at radius 3 is 2.22 bits per heavy atom. The molecule has 2 N–H and O–H groups in total. The molecule has 0 aliphatic rings. The van der Waals surface area contributed by atoms with Crippen molar-refractivity contribution in [1.82, 2.24) is 4.31 Å². The van der Waals surface area contributed by atoms with Gasteiger partial charge < -0.3 is 5.73 Å². The standard InChI is InChI=1S/C12H19ClN2O2S/c1-3-7-15(8-4-2)18(16,17)12-6-5-10(14)9-11(12)13/h5-6,9H,3-4,7-8,14H2,1-2H3. The van der Waals surface area contributed by atoms with E-state index in [0.717, 1.165) is 12.8 Å². The van der Waals surface area contributed by atoms with Crippen molar-refractivity contribution >= 4 is 27.3 Å². The van der Waals surface area contributed by atoms with E-state index in [1.807, 2.05) is 13.8 Å². The summed E-state index contributed by atoms with van der Waals surface area (Å²) in [5.74, 6) is 0. The quantitative estimate of drug-likeness (QED) is 0.819. The van der Waals surface area contributed by atoms with Crippen LogP contribution in [-0.2, 0) is 10.0 Å². The van der Waals surface area contributed by atoms with Crippen LogP contribution in [0.25, 0.3) is 0 Å². The van der Waals surface area contributed by atoms with Crippen LogP contribution in [0.1, 0.15) is 26.7 Å². The van der Waals surface area contributed by atoms with Crippen LogP contribution in [0.4, 0.5) is 5.69 Å². The minimum atomic E-state index is -3.53. The molecule has 18 heavy (non-hydrogen) atoms. The van der Waals surface area contributed by atoms with Crippen LogP contribution in [0, 0.1) is 0 Å². The lowest BCUT2D eigenvalue weighted by molar-refractivity contribution is 0.410. The highest BCUT2D eigenvalue weighted by atomic mass is 35.5. The van der Waals surface area contributed by atoms with E-state index in [2.05, 4.69) is 0 Å². The lowest BCUT2D eigenvalue weighted by atomic mass is 10.3. The van der Waals surface area contributed by atoms with E-state index < -0.39 is 10.0 Å². The van der Waals surface area contributed by atoms with E-state index in [1.54, 1.807) is 6.07 Å². The summed E-state index contributed by atoms with van der Waals surface area (Å²) in [5, 5.41) is 0.173. The molecule has 0 fully saturated rings. The number of hydrogen-bond donors (Lipinski definition) is 1. The molecule has 4 nitrogen and oxygen atoms in total. The average Bonchev–Trinajstić information content (AvgIpc) is 2.28. The third-order valence-electron chi connectivity index (χ3n) is 2.52. The Hall–Kier alpha value is -0.780. The average molecular weight is 291 g/mol. The van der Waals surface area contributed by atoms with Crippen molar-refractivity contribution < 1.29 is 8.42 Å². The van der Waals surface area contributed by atoms with Crippen LogP contribution in [-0.4, -0.2) is 25.8 Å². The Balaban J connectivity index is 3.17. The normalized spacial score (nSPS) is 12.0. The summed E-state index contributed by atoms with van der Waals surface area (Å²) in [4.78, 5) is 0.125. The molecule has 0 saturated carbocycles. The fraction of sp³-hybridized carbons (Fsp3) is 0.500. The lowest BCUT2D eigenvalue weighted by Gasteiger charge is -2.21. The van der Waals surface area contributed by atoms with Gasteiger partial charge in [-0.15, -0.1) is 0 Å². The molecule has 102 valence electrons. The van der Waals surface area contributed by atoms with E-state index in [-0.39, 0.29) is 9.92 Å². The van der Waals surface area contributed by atoms with Gasteiger partial charge in [0.15, 0.2) is 0 Å². The van der Waals surface area contributed by atoms with E-state index in [0.29, 0.717) is 18.8 Å². The van der Waals surface area contributed by atoms with E-state index in [1.165, 1.54) is 16.4 Å². The summed E-state index contributed by atoms with van der Waals surface area (Å²) in [5.41, 5.74) is 6.03. The molecule has 0 bridgehead atoms. The molecule has 0 aliphatic carbocycles. The monoisotopic (exact) mass is 290 g/mol. The van der Waals surface area contributed by atoms with Crippen molar-refractivity contribution in [2.75, 3.05) is 18.8 Å². The van der Waals surface area contributed by atoms with Gasteiger partial charge in [0.1, 0.15) is 4.90 Å². The summed E-state index contributed by atoms with van der Waals surface area (Å²) >= 11 is 5.97. The highest BCUT2D eigenvalue weighted by molar-refractivity contribution is 7.89. The second kappa shape index (κ2) is 6.41. The Morgan fingerprint density at radius 2 is 1.78 bits per heavy atom. The predicted octanol–water partition coefficient (Wildman–Crippen LogP) is 2.73. The summed E-state index contributed by atoms with van der Waals surface area (Å²) < 4.78 is 26.4. The number of sulfonamides is 1. The van der Waals surface area contributed by atoms with Gasteiger partial charge in [-0.3, -0.25) is 0 Å². The molecule has 0 saturated heterocycles. The summed E-state index contributed by atoms with van der Waals surface area (Å²) in [6.07, 6.45) is 1.54. The highest BCUT2D eigenvalue weighted by Gasteiger charge is 2.25. The fourth-order valence-electron chi connectivity index (χ4n) is 1.72. The lowest BCUT2D eigenvalue weighted by Crippen LogP contribution is -2.32. The molecule has 0 unspecified atom stereocenters. The number of hydrogen-bond acceptors (Lipinski definition) is 3. The maximum Gasteiger partial charge on any atom is 0.244 e. The maximum atomic E-state index is 12.4. The second-order valence-corrected chi connectivity index (χ2v) is 6.41. The number of halogens is 1. The van der Waals surface area contributed by atoms with Crippen molar-refractivity contribution in [1.29, 1.82) is 0 Å². The third-order valence-corrected chi connectivity index (χ3v) is 4.90. The Kier molecular flexibility index (Phi) is 5.44. The van der Waals surface area contributed by atoms with Gasteiger partial charge >= 0.3 is 0 Å².